The number of nitrogens with one attached hydrogen (secondary N) is 1. The summed E-state index contributed by atoms with van der Waals surface area (Å²) in [5, 5.41) is 6.49. The Morgan fingerprint density at radius 1 is 0.861 bits per heavy atom. The number of hydrazine groups is 1. The molecule has 1 heterocycles. The molecule has 36 heavy (non-hydrogen) atoms. The van der Waals surface area contributed by atoms with Gasteiger partial charge in [0.1, 0.15) is 6.04 Å². The molecule has 6 nitrogen and oxygen atoms in total. The predicted octanol–water partition coefficient (Wildman–Crippen LogP) is 5.54. The third kappa shape index (κ3) is 4.92. The second-order valence-electron chi connectivity index (χ2n) is 9.35. The van der Waals surface area contributed by atoms with Gasteiger partial charge in [-0.25, -0.2) is 5.01 Å². The number of fused-ring (bicyclic) bond motifs is 1. The summed E-state index contributed by atoms with van der Waals surface area (Å²) in [7, 11) is 0. The summed E-state index contributed by atoms with van der Waals surface area (Å²) in [6, 6.07) is 22.5. The Labute approximate surface area is 215 Å². The molecule has 5 rings (SSSR count). The van der Waals surface area contributed by atoms with Crippen molar-refractivity contribution in [2.45, 2.75) is 50.7 Å². The Kier molecular flexibility index (Phi) is 7.16. The van der Waals surface area contributed by atoms with Gasteiger partial charge in [0.05, 0.1) is 11.1 Å². The molecule has 1 aliphatic heterocycles. The van der Waals surface area contributed by atoms with E-state index in [1.54, 1.807) is 53.5 Å². The van der Waals surface area contributed by atoms with E-state index in [2.05, 4.69) is 5.32 Å². The minimum Gasteiger partial charge on any atom is -0.352 e. The fourth-order valence-corrected chi connectivity index (χ4v) is 5.21. The summed E-state index contributed by atoms with van der Waals surface area (Å²) in [6.07, 6.45) is 5.16. The van der Waals surface area contributed by atoms with Gasteiger partial charge < -0.3 is 5.32 Å². The standard InChI is InChI=1S/C29H28ClN3O3/c30-22-17-15-21(16-18-22)26(27(34)31-23-11-5-2-6-12-23)32(19-20-9-3-1-4-10-20)33-28(35)24-13-7-8-14-25(24)29(33)36/h1,3-4,7-10,13-18,23,26H,2,5-6,11-12,19H2,(H,31,34). The van der Waals surface area contributed by atoms with Gasteiger partial charge in [0, 0.05) is 17.6 Å². The Morgan fingerprint density at radius 2 is 1.44 bits per heavy atom. The molecule has 1 N–H and O–H groups in total. The molecule has 3 amide bonds. The lowest BCUT2D eigenvalue weighted by Gasteiger charge is -2.37. The topological polar surface area (TPSA) is 69.7 Å². The second kappa shape index (κ2) is 10.6. The van der Waals surface area contributed by atoms with Crippen molar-refractivity contribution in [1.82, 2.24) is 15.3 Å². The van der Waals surface area contributed by atoms with E-state index in [1.165, 1.54) is 6.42 Å². The van der Waals surface area contributed by atoms with Crippen molar-refractivity contribution in [3.05, 3.63) is 106 Å². The van der Waals surface area contributed by atoms with Gasteiger partial charge >= 0.3 is 0 Å². The van der Waals surface area contributed by atoms with E-state index in [0.29, 0.717) is 21.7 Å². The maximum Gasteiger partial charge on any atom is 0.276 e. The zero-order chi connectivity index (χ0) is 25.1. The maximum atomic E-state index is 13.9. The number of carbonyl (C=O) groups excluding carboxylic acids is 3. The van der Waals surface area contributed by atoms with Crippen LogP contribution in [0.5, 0.6) is 0 Å². The van der Waals surface area contributed by atoms with Crippen LogP contribution >= 0.6 is 11.6 Å². The van der Waals surface area contributed by atoms with Gasteiger partial charge in [0.25, 0.3) is 11.8 Å². The fourth-order valence-electron chi connectivity index (χ4n) is 5.09. The molecule has 0 aromatic heterocycles. The molecule has 3 aromatic rings. The van der Waals surface area contributed by atoms with Crippen LogP contribution in [0.1, 0.15) is 70.0 Å². The normalized spacial score (nSPS) is 16.8. The number of hydrogen-bond acceptors (Lipinski definition) is 4. The number of hydrogen-bond donors (Lipinski definition) is 1. The molecular weight excluding hydrogens is 474 g/mol. The summed E-state index contributed by atoms with van der Waals surface area (Å²) < 4.78 is 0. The van der Waals surface area contributed by atoms with Crippen LogP contribution in [-0.4, -0.2) is 33.8 Å². The Hall–Kier alpha value is -3.48. The Morgan fingerprint density at radius 3 is 2.06 bits per heavy atom. The van der Waals surface area contributed by atoms with E-state index < -0.39 is 17.9 Å². The molecule has 3 aromatic carbocycles. The first-order valence-electron chi connectivity index (χ1n) is 12.4. The highest BCUT2D eigenvalue weighted by Crippen LogP contribution is 2.33. The lowest BCUT2D eigenvalue weighted by molar-refractivity contribution is -0.133. The highest BCUT2D eigenvalue weighted by Gasteiger charge is 2.44. The summed E-state index contributed by atoms with van der Waals surface area (Å²) in [6.45, 7) is 0.192. The quantitative estimate of drug-likeness (QED) is 0.431. The number of imide groups is 1. The third-order valence-corrected chi connectivity index (χ3v) is 7.15. The molecule has 0 spiro atoms. The monoisotopic (exact) mass is 501 g/mol. The van der Waals surface area contributed by atoms with Crippen LogP contribution in [0.4, 0.5) is 0 Å². The fraction of sp³-hybridized carbons (Fsp3) is 0.276. The van der Waals surface area contributed by atoms with Gasteiger partial charge in [-0.15, -0.1) is 0 Å². The third-order valence-electron chi connectivity index (χ3n) is 6.90. The van der Waals surface area contributed by atoms with Gasteiger partial charge in [-0.3, -0.25) is 14.4 Å². The molecule has 1 fully saturated rings. The molecular formula is C29H28ClN3O3. The van der Waals surface area contributed by atoms with Gasteiger partial charge in [-0.1, -0.05) is 85.5 Å². The van der Waals surface area contributed by atoms with Gasteiger partial charge in [-0.2, -0.15) is 5.01 Å². The van der Waals surface area contributed by atoms with E-state index in [4.69, 9.17) is 11.6 Å². The van der Waals surface area contributed by atoms with Gasteiger partial charge in [-0.05, 0) is 48.2 Å². The average molecular weight is 502 g/mol. The van der Waals surface area contributed by atoms with Crippen LogP contribution in [0.15, 0.2) is 78.9 Å². The van der Waals surface area contributed by atoms with Crippen molar-refractivity contribution in [1.29, 1.82) is 0 Å². The summed E-state index contributed by atoms with van der Waals surface area (Å²) in [5.74, 6) is -1.11. The minimum absolute atomic E-state index is 0.0711. The number of rotatable bonds is 7. The second-order valence-corrected chi connectivity index (χ2v) is 9.78. The number of halogens is 1. The van der Waals surface area contributed by atoms with E-state index in [9.17, 15) is 14.4 Å². The highest BCUT2D eigenvalue weighted by molar-refractivity contribution is 6.30. The molecule has 184 valence electrons. The van der Waals surface area contributed by atoms with Gasteiger partial charge in [0.2, 0.25) is 5.91 Å². The average Bonchev–Trinajstić information content (AvgIpc) is 3.16. The minimum atomic E-state index is -0.911. The van der Waals surface area contributed by atoms with Crippen LogP contribution in [-0.2, 0) is 11.3 Å². The molecule has 2 aliphatic rings. The van der Waals surface area contributed by atoms with Crippen LogP contribution in [0, 0.1) is 0 Å². The SMILES string of the molecule is O=C(NC1CCCCC1)C(c1ccc(Cl)cc1)N(Cc1ccccc1)N1C(=O)c2ccccc2C1=O. The Bertz CT molecular complexity index is 1220. The molecule has 1 unspecified atom stereocenters. The van der Waals surface area contributed by atoms with Crippen LogP contribution < -0.4 is 5.32 Å². The van der Waals surface area contributed by atoms with Crippen LogP contribution in [0.25, 0.3) is 0 Å². The van der Waals surface area contributed by atoms with E-state index >= 15 is 0 Å². The van der Waals surface area contributed by atoms with Crippen LogP contribution in [0.3, 0.4) is 0 Å². The highest BCUT2D eigenvalue weighted by atomic mass is 35.5. The Balaban J connectivity index is 1.58. The first-order chi connectivity index (χ1) is 17.5. The summed E-state index contributed by atoms with van der Waals surface area (Å²) >= 11 is 6.16. The number of nitrogens with zero attached hydrogens (tertiary/aromatic N) is 2. The largest absolute Gasteiger partial charge is 0.352 e. The van der Waals surface area contributed by atoms with Crippen molar-refractivity contribution in [2.75, 3.05) is 0 Å². The molecule has 0 saturated heterocycles. The van der Waals surface area contributed by atoms with Crippen LogP contribution in [0.2, 0.25) is 5.02 Å². The van der Waals surface area contributed by atoms with Gasteiger partial charge in [0.15, 0.2) is 0 Å². The van der Waals surface area contributed by atoms with E-state index in [-0.39, 0.29) is 18.5 Å². The number of amides is 3. The van der Waals surface area contributed by atoms with Crippen molar-refractivity contribution in [2.24, 2.45) is 0 Å². The molecule has 7 heteroatoms. The first-order valence-corrected chi connectivity index (χ1v) is 12.7. The molecule has 1 saturated carbocycles. The number of carbonyl (C=O) groups is 3. The summed E-state index contributed by atoms with van der Waals surface area (Å²) in [4.78, 5) is 41.0. The van der Waals surface area contributed by atoms with E-state index in [0.717, 1.165) is 36.3 Å². The van der Waals surface area contributed by atoms with Crippen molar-refractivity contribution >= 4 is 29.3 Å². The maximum absolute atomic E-state index is 13.9. The zero-order valence-corrected chi connectivity index (χ0v) is 20.7. The smallest absolute Gasteiger partial charge is 0.276 e. The van der Waals surface area contributed by atoms with Crippen molar-refractivity contribution in [3.63, 3.8) is 0 Å². The molecule has 1 aliphatic carbocycles. The lowest BCUT2D eigenvalue weighted by atomic mass is 9.94. The lowest BCUT2D eigenvalue weighted by Crippen LogP contribution is -2.53. The zero-order valence-electron chi connectivity index (χ0n) is 19.9. The first kappa shape index (κ1) is 24.2. The summed E-state index contributed by atoms with van der Waals surface area (Å²) in [5.41, 5.74) is 2.20. The molecule has 1 atom stereocenters. The molecule has 0 radical (unpaired) electrons. The van der Waals surface area contributed by atoms with Crippen molar-refractivity contribution in [3.8, 4) is 0 Å². The predicted molar refractivity (Wildman–Crippen MR) is 138 cm³/mol. The number of benzene rings is 3. The molecule has 0 bridgehead atoms. The van der Waals surface area contributed by atoms with Crippen molar-refractivity contribution < 1.29 is 14.4 Å². The van der Waals surface area contributed by atoms with E-state index in [1.807, 2.05) is 30.3 Å².